The van der Waals surface area contributed by atoms with E-state index in [9.17, 15) is 0 Å². The molecule has 0 aliphatic carbocycles. The fraction of sp³-hybridized carbons (Fsp3) is 0. The van der Waals surface area contributed by atoms with E-state index in [2.05, 4.69) is 15.3 Å². The lowest BCUT2D eigenvalue weighted by molar-refractivity contribution is 0.483. The molecule has 2 aromatic carbocycles. The minimum atomic E-state index is 0.240. The Balaban J connectivity index is 1.69. The maximum atomic E-state index is 5.73. The molecular formula is C16H14N4O. The minimum Gasteiger partial charge on any atom is -0.457 e. The quantitative estimate of drug-likeness (QED) is 0.763. The molecule has 0 amide bonds. The highest BCUT2D eigenvalue weighted by molar-refractivity contribution is 5.57. The first-order valence-electron chi connectivity index (χ1n) is 6.48. The van der Waals surface area contributed by atoms with Gasteiger partial charge in [-0.25, -0.2) is 4.98 Å². The smallest absolute Gasteiger partial charge is 0.221 e. The van der Waals surface area contributed by atoms with Crippen molar-refractivity contribution in [2.45, 2.75) is 0 Å². The zero-order valence-electron chi connectivity index (χ0n) is 11.2. The summed E-state index contributed by atoms with van der Waals surface area (Å²) in [6, 6.07) is 19.0. The normalized spacial score (nSPS) is 10.1. The van der Waals surface area contributed by atoms with Crippen molar-refractivity contribution in [3.8, 4) is 11.5 Å². The van der Waals surface area contributed by atoms with Gasteiger partial charge in [0.15, 0.2) is 0 Å². The summed E-state index contributed by atoms with van der Waals surface area (Å²) in [5.41, 5.74) is 6.44. The van der Waals surface area contributed by atoms with Crippen molar-refractivity contribution in [1.82, 2.24) is 9.97 Å². The van der Waals surface area contributed by atoms with Gasteiger partial charge in [0.1, 0.15) is 17.3 Å². The molecule has 1 aromatic heterocycles. The highest BCUT2D eigenvalue weighted by Crippen LogP contribution is 2.23. The predicted octanol–water partition coefficient (Wildman–Crippen LogP) is 3.59. The van der Waals surface area contributed by atoms with Crippen LogP contribution in [0.3, 0.4) is 0 Å². The third kappa shape index (κ3) is 3.48. The summed E-state index contributed by atoms with van der Waals surface area (Å²) in [6.07, 6.45) is 1.61. The first-order chi connectivity index (χ1) is 10.3. The fourth-order valence-corrected chi connectivity index (χ4v) is 1.82. The van der Waals surface area contributed by atoms with Gasteiger partial charge in [0.2, 0.25) is 5.95 Å². The van der Waals surface area contributed by atoms with Gasteiger partial charge in [0.25, 0.3) is 0 Å². The second-order valence-corrected chi connectivity index (χ2v) is 4.36. The van der Waals surface area contributed by atoms with Crippen LogP contribution < -0.4 is 15.8 Å². The first kappa shape index (κ1) is 12.9. The molecule has 0 unspecified atom stereocenters. The molecule has 21 heavy (non-hydrogen) atoms. The second kappa shape index (κ2) is 5.92. The lowest BCUT2D eigenvalue weighted by Crippen LogP contribution is -1.98. The topological polar surface area (TPSA) is 73.1 Å². The largest absolute Gasteiger partial charge is 0.457 e. The average molecular weight is 278 g/mol. The monoisotopic (exact) mass is 278 g/mol. The number of nitrogens with zero attached hydrogens (tertiary/aromatic N) is 2. The highest BCUT2D eigenvalue weighted by Gasteiger charge is 1.99. The number of anilines is 3. The van der Waals surface area contributed by atoms with Crippen LogP contribution in [0.15, 0.2) is 66.9 Å². The number of rotatable bonds is 4. The number of aromatic nitrogens is 2. The number of benzene rings is 2. The Morgan fingerprint density at radius 2 is 1.57 bits per heavy atom. The number of ether oxygens (including phenoxy) is 1. The van der Waals surface area contributed by atoms with E-state index < -0.39 is 0 Å². The van der Waals surface area contributed by atoms with Gasteiger partial charge in [-0.1, -0.05) is 18.2 Å². The third-order valence-corrected chi connectivity index (χ3v) is 2.78. The van der Waals surface area contributed by atoms with Gasteiger partial charge in [-0.15, -0.1) is 0 Å². The van der Waals surface area contributed by atoms with Crippen molar-refractivity contribution in [2.75, 3.05) is 11.1 Å². The van der Waals surface area contributed by atoms with Crippen LogP contribution in [0.2, 0.25) is 0 Å². The summed E-state index contributed by atoms with van der Waals surface area (Å²) in [6.45, 7) is 0. The number of para-hydroxylation sites is 1. The molecule has 0 aliphatic heterocycles. The molecule has 1 heterocycles. The number of nitrogens with two attached hydrogens (primary N) is 1. The fourth-order valence-electron chi connectivity index (χ4n) is 1.82. The van der Waals surface area contributed by atoms with Crippen LogP contribution in [-0.2, 0) is 0 Å². The highest BCUT2D eigenvalue weighted by atomic mass is 16.5. The Labute approximate surface area is 122 Å². The Bertz CT molecular complexity index is 714. The van der Waals surface area contributed by atoms with E-state index in [0.29, 0.717) is 5.82 Å². The van der Waals surface area contributed by atoms with E-state index >= 15 is 0 Å². The first-order valence-corrected chi connectivity index (χ1v) is 6.48. The molecule has 3 rings (SSSR count). The van der Waals surface area contributed by atoms with Crippen LogP contribution in [-0.4, -0.2) is 9.97 Å². The second-order valence-electron chi connectivity index (χ2n) is 4.36. The molecule has 0 aliphatic rings. The Kier molecular flexibility index (Phi) is 3.64. The van der Waals surface area contributed by atoms with Gasteiger partial charge >= 0.3 is 0 Å². The van der Waals surface area contributed by atoms with Gasteiger partial charge in [0, 0.05) is 11.9 Å². The van der Waals surface area contributed by atoms with Gasteiger partial charge in [-0.3, -0.25) is 0 Å². The molecule has 5 nitrogen and oxygen atoms in total. The van der Waals surface area contributed by atoms with Crippen LogP contribution in [0.5, 0.6) is 11.5 Å². The zero-order valence-corrected chi connectivity index (χ0v) is 11.2. The van der Waals surface area contributed by atoms with Crippen molar-refractivity contribution < 1.29 is 4.74 Å². The molecule has 0 fully saturated rings. The van der Waals surface area contributed by atoms with Crippen molar-refractivity contribution in [1.29, 1.82) is 0 Å². The molecule has 0 saturated carbocycles. The molecular weight excluding hydrogens is 264 g/mol. The minimum absolute atomic E-state index is 0.240. The van der Waals surface area contributed by atoms with Crippen LogP contribution >= 0.6 is 0 Å². The summed E-state index contributed by atoms with van der Waals surface area (Å²) in [7, 11) is 0. The van der Waals surface area contributed by atoms with Crippen molar-refractivity contribution >= 4 is 17.5 Å². The summed E-state index contributed by atoms with van der Waals surface area (Å²) in [5, 5.41) is 3.15. The molecule has 0 radical (unpaired) electrons. The van der Waals surface area contributed by atoms with E-state index in [1.54, 1.807) is 12.3 Å². The van der Waals surface area contributed by atoms with E-state index in [-0.39, 0.29) is 5.95 Å². The molecule has 3 N–H and O–H groups in total. The van der Waals surface area contributed by atoms with E-state index in [1.165, 1.54) is 0 Å². The lowest BCUT2D eigenvalue weighted by atomic mass is 10.3. The maximum absolute atomic E-state index is 5.73. The Morgan fingerprint density at radius 3 is 2.29 bits per heavy atom. The summed E-state index contributed by atoms with van der Waals surface area (Å²) < 4.78 is 5.73. The standard InChI is InChI=1S/C16H14N4O/c17-16-18-11-10-15(20-16)19-12-6-8-14(9-7-12)21-13-4-2-1-3-5-13/h1-11H,(H3,17,18,19,20). The molecule has 5 heteroatoms. The molecule has 0 spiro atoms. The summed E-state index contributed by atoms with van der Waals surface area (Å²) in [4.78, 5) is 7.93. The van der Waals surface area contributed by atoms with Gasteiger partial charge < -0.3 is 15.8 Å². The Hall–Kier alpha value is -3.08. The summed E-state index contributed by atoms with van der Waals surface area (Å²) in [5.74, 6) is 2.47. The molecule has 104 valence electrons. The average Bonchev–Trinajstić information content (AvgIpc) is 2.50. The van der Waals surface area contributed by atoms with Crippen LogP contribution in [0, 0.1) is 0 Å². The van der Waals surface area contributed by atoms with Gasteiger partial charge in [-0.05, 0) is 42.5 Å². The van der Waals surface area contributed by atoms with Crippen LogP contribution in [0.4, 0.5) is 17.5 Å². The van der Waals surface area contributed by atoms with E-state index in [4.69, 9.17) is 10.5 Å². The maximum Gasteiger partial charge on any atom is 0.221 e. The third-order valence-electron chi connectivity index (χ3n) is 2.78. The van der Waals surface area contributed by atoms with Gasteiger partial charge in [-0.2, -0.15) is 4.98 Å². The van der Waals surface area contributed by atoms with E-state index in [0.717, 1.165) is 17.2 Å². The van der Waals surface area contributed by atoms with Crippen molar-refractivity contribution in [3.63, 3.8) is 0 Å². The number of nitrogens with one attached hydrogen (secondary N) is 1. The number of nitrogen functional groups attached to an aromatic ring is 1. The van der Waals surface area contributed by atoms with Crippen LogP contribution in [0.25, 0.3) is 0 Å². The van der Waals surface area contributed by atoms with E-state index in [1.807, 2.05) is 54.6 Å². The van der Waals surface area contributed by atoms with Crippen molar-refractivity contribution in [2.24, 2.45) is 0 Å². The van der Waals surface area contributed by atoms with Crippen LogP contribution in [0.1, 0.15) is 0 Å². The number of hydrogen-bond acceptors (Lipinski definition) is 5. The Morgan fingerprint density at radius 1 is 0.857 bits per heavy atom. The number of hydrogen-bond donors (Lipinski definition) is 2. The molecule has 0 saturated heterocycles. The zero-order chi connectivity index (χ0) is 14.5. The SMILES string of the molecule is Nc1nccc(Nc2ccc(Oc3ccccc3)cc2)n1. The molecule has 3 aromatic rings. The predicted molar refractivity (Wildman–Crippen MR) is 82.7 cm³/mol. The van der Waals surface area contributed by atoms with Gasteiger partial charge in [0.05, 0.1) is 0 Å². The van der Waals surface area contributed by atoms with Crippen molar-refractivity contribution in [3.05, 3.63) is 66.9 Å². The lowest BCUT2D eigenvalue weighted by Gasteiger charge is -2.08. The molecule has 0 atom stereocenters. The molecule has 0 bridgehead atoms. The summed E-state index contributed by atoms with van der Waals surface area (Å²) >= 11 is 0.